The van der Waals surface area contributed by atoms with Crippen molar-refractivity contribution in [3.8, 4) is 0 Å². The number of rotatable bonds is 16. The normalized spacial score (nSPS) is 24.5. The van der Waals surface area contributed by atoms with Crippen LogP contribution in [0.3, 0.4) is 0 Å². The van der Waals surface area contributed by atoms with E-state index < -0.39 is 24.4 Å². The lowest BCUT2D eigenvalue weighted by Crippen LogP contribution is -2.42. The van der Waals surface area contributed by atoms with Gasteiger partial charge in [-0.15, -0.1) is 0 Å². The Morgan fingerprint density at radius 2 is 1.58 bits per heavy atom. The molecule has 3 N–H and O–H groups in total. The summed E-state index contributed by atoms with van der Waals surface area (Å²) in [4.78, 5) is 0. The van der Waals surface area contributed by atoms with Crippen LogP contribution in [0.25, 0.3) is 0 Å². The van der Waals surface area contributed by atoms with Crippen molar-refractivity contribution in [2.24, 2.45) is 0 Å². The van der Waals surface area contributed by atoms with Gasteiger partial charge in [-0.3, -0.25) is 0 Å². The summed E-state index contributed by atoms with van der Waals surface area (Å²) < 4.78 is 10.9. The third-order valence-corrected chi connectivity index (χ3v) is 4.97. The van der Waals surface area contributed by atoms with Gasteiger partial charge in [0.1, 0.15) is 24.4 Å². The molecule has 154 valence electrons. The van der Waals surface area contributed by atoms with Gasteiger partial charge in [-0.25, -0.2) is 0 Å². The first-order valence-electron chi connectivity index (χ1n) is 10.6. The zero-order valence-electron chi connectivity index (χ0n) is 16.5. The lowest BCUT2D eigenvalue weighted by molar-refractivity contribution is -0.101. The van der Waals surface area contributed by atoms with Crippen LogP contribution in [-0.2, 0) is 9.47 Å². The minimum Gasteiger partial charge on any atom is -0.394 e. The van der Waals surface area contributed by atoms with Crippen LogP contribution in [0.4, 0.5) is 0 Å². The van der Waals surface area contributed by atoms with Gasteiger partial charge in [0.25, 0.3) is 0 Å². The van der Waals surface area contributed by atoms with Crippen molar-refractivity contribution in [1.29, 1.82) is 0 Å². The Hall–Kier alpha value is -0.460. The lowest BCUT2D eigenvalue weighted by Gasteiger charge is -2.24. The van der Waals surface area contributed by atoms with Crippen molar-refractivity contribution in [2.45, 2.75) is 102 Å². The van der Waals surface area contributed by atoms with E-state index in [2.05, 4.69) is 19.1 Å². The Morgan fingerprint density at radius 3 is 2.15 bits per heavy atom. The lowest BCUT2D eigenvalue weighted by atomic mass is 10.1. The number of ether oxygens (including phenoxy) is 2. The third-order valence-electron chi connectivity index (χ3n) is 4.97. The highest BCUT2D eigenvalue weighted by molar-refractivity contribution is 4.88. The highest BCUT2D eigenvalue weighted by atomic mass is 16.6. The fraction of sp³-hybridized carbons (Fsp3) is 0.905. The van der Waals surface area contributed by atoms with E-state index in [1.165, 1.54) is 57.8 Å². The van der Waals surface area contributed by atoms with Gasteiger partial charge in [0.05, 0.1) is 13.2 Å². The zero-order valence-corrected chi connectivity index (χ0v) is 16.5. The molecule has 1 rings (SSSR count). The van der Waals surface area contributed by atoms with Gasteiger partial charge < -0.3 is 24.8 Å². The Bertz CT molecular complexity index is 347. The molecule has 1 heterocycles. The molecular weight excluding hydrogens is 332 g/mol. The van der Waals surface area contributed by atoms with Gasteiger partial charge >= 0.3 is 0 Å². The average Bonchev–Trinajstić information content (AvgIpc) is 2.98. The summed E-state index contributed by atoms with van der Waals surface area (Å²) in [5, 5.41) is 28.7. The van der Waals surface area contributed by atoms with E-state index in [-0.39, 0.29) is 13.2 Å². The predicted octanol–water partition coefficient (Wildman–Crippen LogP) is 3.35. The number of hydrogen-bond donors (Lipinski definition) is 3. The first-order chi connectivity index (χ1) is 12.7. The third kappa shape index (κ3) is 10.0. The van der Waals surface area contributed by atoms with Crippen LogP contribution in [0.15, 0.2) is 12.2 Å². The van der Waals surface area contributed by atoms with Crippen molar-refractivity contribution >= 4 is 0 Å². The van der Waals surface area contributed by atoms with Crippen molar-refractivity contribution in [1.82, 2.24) is 0 Å². The molecule has 1 fully saturated rings. The summed E-state index contributed by atoms with van der Waals surface area (Å²) >= 11 is 0. The number of unbranched alkanes of at least 4 members (excludes halogenated alkanes) is 9. The smallest absolute Gasteiger partial charge is 0.114 e. The molecule has 0 aromatic rings. The van der Waals surface area contributed by atoms with E-state index in [4.69, 9.17) is 9.47 Å². The van der Waals surface area contributed by atoms with Gasteiger partial charge in [-0.05, 0) is 32.1 Å². The molecule has 5 heteroatoms. The summed E-state index contributed by atoms with van der Waals surface area (Å²) in [5.74, 6) is 0. The van der Waals surface area contributed by atoms with Crippen LogP contribution in [0, 0.1) is 0 Å². The summed E-state index contributed by atoms with van der Waals surface area (Å²) in [5.41, 5.74) is 0. The topological polar surface area (TPSA) is 79.2 Å². The highest BCUT2D eigenvalue weighted by Gasteiger charge is 2.40. The molecule has 0 saturated carbocycles. The SMILES string of the molecule is CCCCC/C=C/CCCCCCCCO[C@H](CO)[C@@H]1OC[C@H](O)[C@@H]1O. The Balaban J connectivity index is 1.91. The molecular formula is C21H40O5. The molecule has 0 bridgehead atoms. The molecule has 1 aliphatic heterocycles. The van der Waals surface area contributed by atoms with E-state index in [0.29, 0.717) is 6.61 Å². The molecule has 0 aromatic carbocycles. The number of aliphatic hydroxyl groups excluding tert-OH is 3. The number of aliphatic hydroxyl groups is 3. The second kappa shape index (κ2) is 15.6. The Labute approximate surface area is 159 Å². The fourth-order valence-corrected chi connectivity index (χ4v) is 3.26. The summed E-state index contributed by atoms with van der Waals surface area (Å²) in [6, 6.07) is 0. The molecule has 4 atom stereocenters. The van der Waals surface area contributed by atoms with Crippen molar-refractivity contribution in [2.75, 3.05) is 19.8 Å². The van der Waals surface area contributed by atoms with Gasteiger partial charge in [0.2, 0.25) is 0 Å². The minimum atomic E-state index is -0.979. The molecule has 0 radical (unpaired) electrons. The van der Waals surface area contributed by atoms with Crippen LogP contribution in [-0.4, -0.2) is 59.6 Å². The molecule has 0 aliphatic carbocycles. The van der Waals surface area contributed by atoms with Gasteiger partial charge in [-0.2, -0.15) is 0 Å². The molecule has 0 spiro atoms. The van der Waals surface area contributed by atoms with Crippen molar-refractivity contribution < 1.29 is 24.8 Å². The molecule has 5 nitrogen and oxygen atoms in total. The number of hydrogen-bond acceptors (Lipinski definition) is 5. The molecule has 1 saturated heterocycles. The summed E-state index contributed by atoms with van der Waals surface area (Å²) in [6.45, 7) is 2.68. The maximum absolute atomic E-state index is 9.80. The quantitative estimate of drug-likeness (QED) is 0.286. The van der Waals surface area contributed by atoms with Gasteiger partial charge in [0.15, 0.2) is 0 Å². The molecule has 0 aromatic heterocycles. The monoisotopic (exact) mass is 372 g/mol. The van der Waals surface area contributed by atoms with Gasteiger partial charge in [0, 0.05) is 6.61 Å². The molecule has 0 amide bonds. The molecule has 26 heavy (non-hydrogen) atoms. The van der Waals surface area contributed by atoms with Crippen LogP contribution in [0.1, 0.15) is 77.6 Å². The van der Waals surface area contributed by atoms with E-state index in [9.17, 15) is 15.3 Å². The highest BCUT2D eigenvalue weighted by Crippen LogP contribution is 2.20. The van der Waals surface area contributed by atoms with Crippen molar-refractivity contribution in [3.63, 3.8) is 0 Å². The Kier molecular flexibility index (Phi) is 14.1. The van der Waals surface area contributed by atoms with Crippen LogP contribution in [0.2, 0.25) is 0 Å². The standard InChI is InChI=1S/C21H40O5/c1-2-3-4-5-6-7-8-9-10-11-12-13-14-15-25-19(16-22)21-20(24)18(23)17-26-21/h6-7,18-24H,2-5,8-17H2,1H3/b7-6+/t18-,19+,20-,21-/m0/s1. The van der Waals surface area contributed by atoms with E-state index in [1.807, 2.05) is 0 Å². The zero-order chi connectivity index (χ0) is 19.0. The predicted molar refractivity (Wildman–Crippen MR) is 104 cm³/mol. The van der Waals surface area contributed by atoms with Gasteiger partial charge in [-0.1, -0.05) is 57.6 Å². The maximum atomic E-state index is 9.80. The minimum absolute atomic E-state index is 0.0968. The summed E-state index contributed by atoms with van der Waals surface area (Å²) in [7, 11) is 0. The first kappa shape index (κ1) is 23.6. The molecule has 1 aliphatic rings. The van der Waals surface area contributed by atoms with Crippen LogP contribution in [0.5, 0.6) is 0 Å². The largest absolute Gasteiger partial charge is 0.394 e. The average molecular weight is 373 g/mol. The van der Waals surface area contributed by atoms with E-state index in [0.717, 1.165) is 12.8 Å². The number of allylic oxidation sites excluding steroid dienone is 2. The summed E-state index contributed by atoms with van der Waals surface area (Å²) in [6.07, 6.45) is 15.0. The fourth-order valence-electron chi connectivity index (χ4n) is 3.26. The van der Waals surface area contributed by atoms with E-state index >= 15 is 0 Å². The second-order valence-corrected chi connectivity index (χ2v) is 7.32. The van der Waals surface area contributed by atoms with E-state index in [1.54, 1.807) is 0 Å². The maximum Gasteiger partial charge on any atom is 0.114 e. The van der Waals surface area contributed by atoms with Crippen LogP contribution >= 0.6 is 0 Å². The van der Waals surface area contributed by atoms with Crippen LogP contribution < -0.4 is 0 Å². The second-order valence-electron chi connectivity index (χ2n) is 7.32. The van der Waals surface area contributed by atoms with Crippen molar-refractivity contribution in [3.05, 3.63) is 12.2 Å². The molecule has 0 unspecified atom stereocenters. The Morgan fingerprint density at radius 1 is 0.962 bits per heavy atom. The first-order valence-corrected chi connectivity index (χ1v) is 10.6.